The monoisotopic (exact) mass is 304 g/mol. The van der Waals surface area contributed by atoms with Crippen molar-refractivity contribution in [1.29, 1.82) is 0 Å². The summed E-state index contributed by atoms with van der Waals surface area (Å²) in [6, 6.07) is 4.97. The summed E-state index contributed by atoms with van der Waals surface area (Å²) in [5.74, 6) is 0. The fourth-order valence-corrected chi connectivity index (χ4v) is 2.44. The van der Waals surface area contributed by atoms with Crippen LogP contribution in [0.25, 0.3) is 0 Å². The third-order valence-corrected chi connectivity index (χ3v) is 3.44. The highest BCUT2D eigenvalue weighted by Gasteiger charge is 2.16. The third-order valence-electron chi connectivity index (χ3n) is 2.94. The summed E-state index contributed by atoms with van der Waals surface area (Å²) < 4.78 is 26.6. The van der Waals surface area contributed by atoms with Crippen LogP contribution in [0, 0.1) is 0 Å². The number of nitrogens with one attached hydrogen (secondary N) is 1. The van der Waals surface area contributed by atoms with E-state index < -0.39 is 6.43 Å². The molecule has 1 saturated heterocycles. The quantitative estimate of drug-likeness (QED) is 0.924. The summed E-state index contributed by atoms with van der Waals surface area (Å²) >= 11 is 3.33. The van der Waals surface area contributed by atoms with Gasteiger partial charge in [-0.05, 0) is 17.7 Å². The minimum atomic E-state index is -2.40. The number of piperazine rings is 1. The molecule has 2 nitrogen and oxygen atoms in total. The lowest BCUT2D eigenvalue weighted by Gasteiger charge is -2.28. The Morgan fingerprint density at radius 2 is 2.00 bits per heavy atom. The van der Waals surface area contributed by atoms with Crippen LogP contribution in [0.3, 0.4) is 0 Å². The molecule has 0 unspecified atom stereocenters. The number of alkyl halides is 2. The zero-order valence-corrected chi connectivity index (χ0v) is 11.0. The van der Waals surface area contributed by atoms with Gasteiger partial charge < -0.3 is 5.32 Å². The molecule has 1 fully saturated rings. The first-order valence-corrected chi connectivity index (χ1v) is 6.45. The first-order valence-electron chi connectivity index (χ1n) is 5.66. The van der Waals surface area contributed by atoms with Crippen LogP contribution in [0.15, 0.2) is 22.7 Å². The molecular weight excluding hydrogens is 290 g/mol. The summed E-state index contributed by atoms with van der Waals surface area (Å²) in [4.78, 5) is 2.20. The Morgan fingerprint density at radius 1 is 1.29 bits per heavy atom. The van der Waals surface area contributed by atoms with E-state index in [0.717, 1.165) is 36.2 Å². The van der Waals surface area contributed by atoms with Crippen LogP contribution < -0.4 is 5.32 Å². The Morgan fingerprint density at radius 3 is 2.65 bits per heavy atom. The van der Waals surface area contributed by atoms with Crippen molar-refractivity contribution < 1.29 is 8.78 Å². The van der Waals surface area contributed by atoms with Crippen molar-refractivity contribution in [3.8, 4) is 0 Å². The van der Waals surface area contributed by atoms with Crippen LogP contribution in [0.4, 0.5) is 8.78 Å². The maximum atomic E-state index is 12.9. The average Bonchev–Trinajstić information content (AvgIpc) is 2.30. The van der Waals surface area contributed by atoms with Gasteiger partial charge in [-0.25, -0.2) is 8.78 Å². The Kier molecular flexibility index (Phi) is 4.48. The fourth-order valence-electron chi connectivity index (χ4n) is 2.03. The predicted molar refractivity (Wildman–Crippen MR) is 67.2 cm³/mol. The van der Waals surface area contributed by atoms with Crippen molar-refractivity contribution in [2.45, 2.75) is 13.0 Å². The second-order valence-corrected chi connectivity index (χ2v) is 5.09. The molecule has 0 saturated carbocycles. The first-order chi connectivity index (χ1) is 8.16. The van der Waals surface area contributed by atoms with Gasteiger partial charge in [-0.1, -0.05) is 22.0 Å². The van der Waals surface area contributed by atoms with Crippen LogP contribution in [-0.2, 0) is 6.54 Å². The molecule has 0 spiro atoms. The molecule has 0 aromatic heterocycles. The van der Waals surface area contributed by atoms with Crippen molar-refractivity contribution in [2.24, 2.45) is 0 Å². The van der Waals surface area contributed by atoms with Crippen molar-refractivity contribution >= 4 is 15.9 Å². The molecular formula is C12H15BrF2N2. The van der Waals surface area contributed by atoms with Gasteiger partial charge in [0.1, 0.15) is 0 Å². The summed E-state index contributed by atoms with van der Waals surface area (Å²) in [6.07, 6.45) is -2.40. The van der Waals surface area contributed by atoms with Crippen molar-refractivity contribution in [2.75, 3.05) is 26.2 Å². The number of nitrogens with zero attached hydrogens (tertiary/aromatic N) is 1. The van der Waals surface area contributed by atoms with E-state index in [4.69, 9.17) is 0 Å². The number of halogens is 3. The molecule has 17 heavy (non-hydrogen) atoms. The van der Waals surface area contributed by atoms with E-state index in [2.05, 4.69) is 26.1 Å². The minimum Gasteiger partial charge on any atom is -0.314 e. The predicted octanol–water partition coefficient (Wildman–Crippen LogP) is 2.79. The summed E-state index contributed by atoms with van der Waals surface area (Å²) in [5.41, 5.74) is 0.864. The maximum Gasteiger partial charge on any atom is 0.264 e. The molecule has 0 atom stereocenters. The van der Waals surface area contributed by atoms with E-state index in [1.54, 1.807) is 12.1 Å². The normalized spacial score (nSPS) is 17.6. The van der Waals surface area contributed by atoms with E-state index >= 15 is 0 Å². The smallest absolute Gasteiger partial charge is 0.264 e. The lowest BCUT2D eigenvalue weighted by molar-refractivity contribution is 0.147. The molecule has 1 aromatic rings. The van der Waals surface area contributed by atoms with Gasteiger partial charge in [0.05, 0.1) is 0 Å². The van der Waals surface area contributed by atoms with Gasteiger partial charge in [0, 0.05) is 42.8 Å². The average molecular weight is 305 g/mol. The fraction of sp³-hybridized carbons (Fsp3) is 0.500. The van der Waals surface area contributed by atoms with Crippen LogP contribution in [0.5, 0.6) is 0 Å². The molecule has 0 radical (unpaired) electrons. The zero-order chi connectivity index (χ0) is 12.3. The molecule has 94 valence electrons. The van der Waals surface area contributed by atoms with Crippen molar-refractivity contribution in [1.82, 2.24) is 10.2 Å². The van der Waals surface area contributed by atoms with Gasteiger partial charge in [-0.3, -0.25) is 4.90 Å². The maximum absolute atomic E-state index is 12.9. The van der Waals surface area contributed by atoms with Crippen LogP contribution in [0.2, 0.25) is 0 Å². The van der Waals surface area contributed by atoms with E-state index in [9.17, 15) is 8.78 Å². The number of benzene rings is 1. The molecule has 1 aliphatic heterocycles. The number of hydrogen-bond acceptors (Lipinski definition) is 2. The van der Waals surface area contributed by atoms with Gasteiger partial charge >= 0.3 is 0 Å². The molecule has 2 rings (SSSR count). The second-order valence-electron chi connectivity index (χ2n) is 4.17. The highest BCUT2D eigenvalue weighted by atomic mass is 79.9. The molecule has 0 amide bonds. The lowest BCUT2D eigenvalue weighted by atomic mass is 10.1. The van der Waals surface area contributed by atoms with Crippen LogP contribution in [0.1, 0.15) is 17.6 Å². The Balaban J connectivity index is 2.14. The standard InChI is InChI=1S/C12H15BrF2N2/c13-10-1-2-11(12(14)15)9(7-10)8-17-5-3-16-4-6-17/h1-2,7,12,16H,3-6,8H2. The van der Waals surface area contributed by atoms with Gasteiger partial charge in [-0.15, -0.1) is 0 Å². The van der Waals surface area contributed by atoms with Crippen LogP contribution >= 0.6 is 15.9 Å². The van der Waals surface area contributed by atoms with Gasteiger partial charge in [0.2, 0.25) is 0 Å². The van der Waals surface area contributed by atoms with Crippen molar-refractivity contribution in [3.05, 3.63) is 33.8 Å². The summed E-state index contributed by atoms with van der Waals surface area (Å²) in [6.45, 7) is 4.28. The third kappa shape index (κ3) is 3.47. The van der Waals surface area contributed by atoms with E-state index in [0.29, 0.717) is 6.54 Å². The van der Waals surface area contributed by atoms with E-state index in [1.807, 2.05) is 0 Å². The molecule has 1 aromatic carbocycles. The number of hydrogen-bond donors (Lipinski definition) is 1. The Labute approximate surface area is 108 Å². The Hall–Kier alpha value is -0.520. The molecule has 1 N–H and O–H groups in total. The summed E-state index contributed by atoms with van der Waals surface area (Å²) in [5, 5.41) is 3.25. The summed E-state index contributed by atoms with van der Waals surface area (Å²) in [7, 11) is 0. The highest BCUT2D eigenvalue weighted by molar-refractivity contribution is 9.10. The van der Waals surface area contributed by atoms with Gasteiger partial charge in [-0.2, -0.15) is 0 Å². The molecule has 0 aliphatic carbocycles. The molecule has 1 heterocycles. The first kappa shape index (κ1) is 12.9. The van der Waals surface area contributed by atoms with Crippen LogP contribution in [-0.4, -0.2) is 31.1 Å². The van der Waals surface area contributed by atoms with E-state index in [1.165, 1.54) is 6.07 Å². The zero-order valence-electron chi connectivity index (χ0n) is 9.43. The van der Waals surface area contributed by atoms with Gasteiger partial charge in [0.15, 0.2) is 0 Å². The minimum absolute atomic E-state index is 0.145. The topological polar surface area (TPSA) is 15.3 Å². The van der Waals surface area contributed by atoms with Gasteiger partial charge in [0.25, 0.3) is 6.43 Å². The highest BCUT2D eigenvalue weighted by Crippen LogP contribution is 2.26. The van der Waals surface area contributed by atoms with E-state index in [-0.39, 0.29) is 5.56 Å². The lowest BCUT2D eigenvalue weighted by Crippen LogP contribution is -2.43. The SMILES string of the molecule is FC(F)c1ccc(Br)cc1CN1CCNCC1. The second kappa shape index (κ2) is 5.89. The molecule has 0 bridgehead atoms. The van der Waals surface area contributed by atoms with Crippen molar-refractivity contribution in [3.63, 3.8) is 0 Å². The largest absolute Gasteiger partial charge is 0.314 e. The molecule has 5 heteroatoms. The Bertz CT molecular complexity index is 379. The molecule has 1 aliphatic rings. The number of rotatable bonds is 3.